The van der Waals surface area contributed by atoms with Crippen LogP contribution in [-0.2, 0) is 11.3 Å². The van der Waals surface area contributed by atoms with Crippen molar-refractivity contribution in [3.8, 4) is 0 Å². The van der Waals surface area contributed by atoms with Gasteiger partial charge in [0, 0.05) is 42.7 Å². The molecule has 1 aliphatic heterocycles. The lowest BCUT2D eigenvalue weighted by atomic mass is 9.99. The van der Waals surface area contributed by atoms with Gasteiger partial charge < -0.3 is 14.8 Å². The van der Waals surface area contributed by atoms with Gasteiger partial charge in [0.25, 0.3) is 0 Å². The van der Waals surface area contributed by atoms with Crippen molar-refractivity contribution in [3.63, 3.8) is 0 Å². The minimum Gasteiger partial charge on any atom is -0.348 e. The molecule has 2 heterocycles. The Labute approximate surface area is 140 Å². The summed E-state index contributed by atoms with van der Waals surface area (Å²) in [5, 5.41) is 3.10. The molecule has 1 atom stereocenters. The molecule has 4 nitrogen and oxygen atoms in total. The van der Waals surface area contributed by atoms with E-state index in [-0.39, 0.29) is 18.5 Å². The third kappa shape index (κ3) is 3.19. The van der Waals surface area contributed by atoms with Crippen LogP contribution in [0.4, 0.5) is 8.78 Å². The summed E-state index contributed by atoms with van der Waals surface area (Å²) in [5.41, 5.74) is 1.15. The summed E-state index contributed by atoms with van der Waals surface area (Å²) in [5.74, 6) is -1.35. The predicted octanol–water partition coefficient (Wildman–Crippen LogP) is 2.70. The van der Waals surface area contributed by atoms with E-state index in [1.807, 2.05) is 36.7 Å². The van der Waals surface area contributed by atoms with Gasteiger partial charge in [0.1, 0.15) is 17.7 Å². The highest BCUT2D eigenvalue weighted by Crippen LogP contribution is 2.34. The maximum Gasteiger partial charge on any atom is 0.237 e. The third-order valence-electron chi connectivity index (χ3n) is 4.28. The van der Waals surface area contributed by atoms with Gasteiger partial charge in [-0.05, 0) is 18.2 Å². The first-order chi connectivity index (χ1) is 11.5. The average Bonchev–Trinajstić information content (AvgIpc) is 3.00. The molecule has 2 aromatic rings. The number of halogens is 2. The quantitative estimate of drug-likeness (QED) is 0.934. The fourth-order valence-electron chi connectivity index (χ4n) is 3.10. The Balaban J connectivity index is 1.98. The summed E-state index contributed by atoms with van der Waals surface area (Å²) in [6.45, 7) is 5.27. The third-order valence-corrected chi connectivity index (χ3v) is 4.28. The SMILES string of the molecule is CC(C)NCC(=O)N1CCn2cccc2[C@@H]1c1ccc(F)cc1F. The van der Waals surface area contributed by atoms with E-state index in [0.29, 0.717) is 18.7 Å². The molecule has 0 spiro atoms. The van der Waals surface area contributed by atoms with Crippen molar-refractivity contribution in [2.45, 2.75) is 32.5 Å². The van der Waals surface area contributed by atoms with Crippen molar-refractivity contribution in [1.29, 1.82) is 0 Å². The van der Waals surface area contributed by atoms with Gasteiger partial charge in [0.15, 0.2) is 0 Å². The van der Waals surface area contributed by atoms with Crippen LogP contribution in [0, 0.1) is 11.6 Å². The summed E-state index contributed by atoms with van der Waals surface area (Å²) >= 11 is 0. The van der Waals surface area contributed by atoms with Crippen LogP contribution in [0.25, 0.3) is 0 Å². The summed E-state index contributed by atoms with van der Waals surface area (Å²) in [6, 6.07) is 6.92. The first kappa shape index (κ1) is 16.6. The Morgan fingerprint density at radius 1 is 1.29 bits per heavy atom. The van der Waals surface area contributed by atoms with Crippen LogP contribution in [0.5, 0.6) is 0 Å². The molecule has 1 aliphatic rings. The van der Waals surface area contributed by atoms with E-state index in [4.69, 9.17) is 0 Å². The Hall–Kier alpha value is -2.21. The van der Waals surface area contributed by atoms with E-state index in [9.17, 15) is 13.6 Å². The lowest BCUT2D eigenvalue weighted by molar-refractivity contribution is -0.133. The van der Waals surface area contributed by atoms with Crippen molar-refractivity contribution >= 4 is 5.91 Å². The van der Waals surface area contributed by atoms with Gasteiger partial charge in [-0.1, -0.05) is 19.9 Å². The summed E-state index contributed by atoms with van der Waals surface area (Å²) in [7, 11) is 0. The molecule has 0 fully saturated rings. The normalized spacial score (nSPS) is 17.2. The summed E-state index contributed by atoms with van der Waals surface area (Å²) in [4.78, 5) is 14.3. The Bertz CT molecular complexity index is 742. The number of rotatable bonds is 4. The molecular formula is C18H21F2N3O. The zero-order valence-electron chi connectivity index (χ0n) is 13.8. The van der Waals surface area contributed by atoms with E-state index < -0.39 is 17.7 Å². The van der Waals surface area contributed by atoms with Crippen LogP contribution in [0.15, 0.2) is 36.5 Å². The number of nitrogens with one attached hydrogen (secondary N) is 1. The molecule has 0 radical (unpaired) electrons. The number of amides is 1. The smallest absolute Gasteiger partial charge is 0.237 e. The molecule has 0 bridgehead atoms. The molecule has 6 heteroatoms. The molecule has 128 valence electrons. The van der Waals surface area contributed by atoms with E-state index in [2.05, 4.69) is 5.32 Å². The molecular weight excluding hydrogens is 312 g/mol. The standard InChI is InChI=1S/C18H21F2N3O/c1-12(2)21-11-17(24)23-9-8-22-7-3-4-16(22)18(23)14-6-5-13(19)10-15(14)20/h3-7,10,12,18,21H,8-9,11H2,1-2H3/t18-/m0/s1. The zero-order valence-corrected chi connectivity index (χ0v) is 13.8. The fraction of sp³-hybridized carbons (Fsp3) is 0.389. The summed E-state index contributed by atoms with van der Waals surface area (Å²) < 4.78 is 29.7. The van der Waals surface area contributed by atoms with Crippen molar-refractivity contribution in [2.75, 3.05) is 13.1 Å². The average molecular weight is 333 g/mol. The molecule has 1 aromatic heterocycles. The van der Waals surface area contributed by atoms with E-state index in [0.717, 1.165) is 11.8 Å². The fourth-order valence-corrected chi connectivity index (χ4v) is 3.10. The van der Waals surface area contributed by atoms with Crippen molar-refractivity contribution in [3.05, 3.63) is 59.4 Å². The predicted molar refractivity (Wildman–Crippen MR) is 87.5 cm³/mol. The van der Waals surface area contributed by atoms with Crippen LogP contribution >= 0.6 is 0 Å². The number of aromatic nitrogens is 1. The highest BCUT2D eigenvalue weighted by atomic mass is 19.1. The second-order valence-corrected chi connectivity index (χ2v) is 6.32. The van der Waals surface area contributed by atoms with E-state index in [1.165, 1.54) is 12.1 Å². The van der Waals surface area contributed by atoms with Gasteiger partial charge in [-0.15, -0.1) is 0 Å². The number of nitrogens with zero attached hydrogens (tertiary/aromatic N) is 2. The summed E-state index contributed by atoms with van der Waals surface area (Å²) in [6.07, 6.45) is 1.91. The Kier molecular flexibility index (Phi) is 4.66. The number of hydrogen-bond donors (Lipinski definition) is 1. The molecule has 0 saturated heterocycles. The Morgan fingerprint density at radius 2 is 2.08 bits per heavy atom. The number of hydrogen-bond acceptors (Lipinski definition) is 2. The largest absolute Gasteiger partial charge is 0.348 e. The molecule has 0 saturated carbocycles. The van der Waals surface area contributed by atoms with Crippen molar-refractivity contribution in [2.24, 2.45) is 0 Å². The first-order valence-electron chi connectivity index (χ1n) is 8.10. The second-order valence-electron chi connectivity index (χ2n) is 6.32. The number of carbonyl (C=O) groups excluding carboxylic acids is 1. The number of carbonyl (C=O) groups is 1. The molecule has 3 rings (SSSR count). The van der Waals surface area contributed by atoms with Crippen molar-refractivity contribution in [1.82, 2.24) is 14.8 Å². The number of benzene rings is 1. The zero-order chi connectivity index (χ0) is 17.3. The molecule has 0 unspecified atom stereocenters. The van der Waals surface area contributed by atoms with E-state index in [1.54, 1.807) is 4.90 Å². The minimum absolute atomic E-state index is 0.0927. The van der Waals surface area contributed by atoms with Crippen LogP contribution in [0.2, 0.25) is 0 Å². The molecule has 1 aromatic carbocycles. The van der Waals surface area contributed by atoms with Gasteiger partial charge >= 0.3 is 0 Å². The van der Waals surface area contributed by atoms with Crippen LogP contribution in [0.1, 0.15) is 31.1 Å². The molecule has 0 aliphatic carbocycles. The van der Waals surface area contributed by atoms with E-state index >= 15 is 0 Å². The number of fused-ring (bicyclic) bond motifs is 1. The molecule has 1 amide bonds. The minimum atomic E-state index is -0.635. The second kappa shape index (κ2) is 6.73. The lowest BCUT2D eigenvalue weighted by Gasteiger charge is -2.37. The topological polar surface area (TPSA) is 37.3 Å². The first-order valence-corrected chi connectivity index (χ1v) is 8.10. The van der Waals surface area contributed by atoms with Gasteiger partial charge in [-0.2, -0.15) is 0 Å². The van der Waals surface area contributed by atoms with Crippen LogP contribution < -0.4 is 5.32 Å². The maximum absolute atomic E-state index is 14.4. The Morgan fingerprint density at radius 3 is 2.79 bits per heavy atom. The van der Waals surface area contributed by atoms with Gasteiger partial charge in [0.05, 0.1) is 6.54 Å². The van der Waals surface area contributed by atoms with Gasteiger partial charge in [0.2, 0.25) is 5.91 Å². The molecule has 24 heavy (non-hydrogen) atoms. The van der Waals surface area contributed by atoms with Crippen LogP contribution in [0.3, 0.4) is 0 Å². The van der Waals surface area contributed by atoms with Gasteiger partial charge in [-0.3, -0.25) is 4.79 Å². The lowest BCUT2D eigenvalue weighted by Crippen LogP contribution is -2.47. The highest BCUT2D eigenvalue weighted by molar-refractivity contribution is 5.79. The maximum atomic E-state index is 14.4. The highest BCUT2D eigenvalue weighted by Gasteiger charge is 2.33. The van der Waals surface area contributed by atoms with Crippen molar-refractivity contribution < 1.29 is 13.6 Å². The molecule has 1 N–H and O–H groups in total. The van der Waals surface area contributed by atoms with Crippen LogP contribution in [-0.4, -0.2) is 34.5 Å². The monoisotopic (exact) mass is 333 g/mol. The van der Waals surface area contributed by atoms with Gasteiger partial charge in [-0.25, -0.2) is 8.78 Å².